The van der Waals surface area contributed by atoms with Crippen molar-refractivity contribution >= 4 is 22.7 Å². The number of aromatic nitrogens is 5. The van der Waals surface area contributed by atoms with Crippen LogP contribution >= 0.6 is 0 Å². The fourth-order valence-corrected chi connectivity index (χ4v) is 2.54. The van der Waals surface area contributed by atoms with Gasteiger partial charge in [-0.1, -0.05) is 18.2 Å². The van der Waals surface area contributed by atoms with E-state index in [0.717, 1.165) is 10.9 Å². The van der Waals surface area contributed by atoms with Gasteiger partial charge in [-0.3, -0.25) is 4.79 Å². The van der Waals surface area contributed by atoms with E-state index in [1.165, 1.54) is 4.80 Å². The Hall–Kier alpha value is -3.03. The zero-order valence-corrected chi connectivity index (χ0v) is 13.5. The van der Waals surface area contributed by atoms with Crippen molar-refractivity contribution in [3.8, 4) is 0 Å². The van der Waals surface area contributed by atoms with Gasteiger partial charge in [0.2, 0.25) is 0 Å². The molecule has 0 bridgehead atoms. The first-order valence-corrected chi connectivity index (χ1v) is 7.59. The first kappa shape index (κ1) is 15.9. The number of hydrogen-bond acceptors (Lipinski definition) is 6. The minimum absolute atomic E-state index is 0.00359. The van der Waals surface area contributed by atoms with Gasteiger partial charge < -0.3 is 9.30 Å². The van der Waals surface area contributed by atoms with Crippen LogP contribution < -0.4 is 0 Å². The van der Waals surface area contributed by atoms with E-state index in [-0.39, 0.29) is 12.3 Å². The van der Waals surface area contributed by atoms with Crippen LogP contribution in [0.5, 0.6) is 0 Å². The van der Waals surface area contributed by atoms with E-state index in [2.05, 4.69) is 15.4 Å². The zero-order valence-electron chi connectivity index (χ0n) is 13.5. The maximum Gasteiger partial charge on any atom is 0.329 e. The Bertz CT molecular complexity index is 896. The van der Waals surface area contributed by atoms with Gasteiger partial charge in [0.25, 0.3) is 0 Å². The lowest BCUT2D eigenvalue weighted by Gasteiger charge is -2.01. The number of hydrogen-bond donors (Lipinski definition) is 0. The Morgan fingerprint density at radius 3 is 2.79 bits per heavy atom. The molecule has 2 heterocycles. The van der Waals surface area contributed by atoms with Gasteiger partial charge in [-0.25, -0.2) is 4.79 Å². The molecule has 0 aliphatic rings. The number of carbonyl (C=O) groups excluding carboxylic acids is 2. The highest BCUT2D eigenvalue weighted by atomic mass is 16.5. The molecule has 0 N–H and O–H groups in total. The standard InChI is InChI=1S/C16H17N5O3/c1-3-24-16(23)10-21-18-15(17-19-21)9-20-8-13(11(2)22)12-6-4-5-7-14(12)20/h4-8H,3,9-10H2,1-2H3. The van der Waals surface area contributed by atoms with E-state index in [0.29, 0.717) is 24.5 Å². The molecule has 8 heteroatoms. The number of rotatable bonds is 6. The highest BCUT2D eigenvalue weighted by Gasteiger charge is 2.14. The number of esters is 1. The molecular formula is C16H17N5O3. The van der Waals surface area contributed by atoms with Gasteiger partial charge in [0.15, 0.2) is 18.2 Å². The molecule has 0 unspecified atom stereocenters. The van der Waals surface area contributed by atoms with Crippen molar-refractivity contribution in [1.82, 2.24) is 24.8 Å². The summed E-state index contributed by atoms with van der Waals surface area (Å²) in [6.45, 7) is 3.87. The molecule has 0 saturated carbocycles. The molecule has 0 amide bonds. The van der Waals surface area contributed by atoms with Crippen LogP contribution in [-0.4, -0.2) is 43.1 Å². The van der Waals surface area contributed by atoms with Crippen LogP contribution in [0.25, 0.3) is 10.9 Å². The molecule has 8 nitrogen and oxygen atoms in total. The van der Waals surface area contributed by atoms with Crippen molar-refractivity contribution in [3.05, 3.63) is 41.9 Å². The minimum atomic E-state index is -0.410. The average molecular weight is 327 g/mol. The van der Waals surface area contributed by atoms with Crippen molar-refractivity contribution in [2.75, 3.05) is 6.61 Å². The maximum absolute atomic E-state index is 11.8. The molecule has 24 heavy (non-hydrogen) atoms. The van der Waals surface area contributed by atoms with Crippen molar-refractivity contribution in [3.63, 3.8) is 0 Å². The van der Waals surface area contributed by atoms with Crippen molar-refractivity contribution in [1.29, 1.82) is 0 Å². The number of para-hydroxylation sites is 1. The van der Waals surface area contributed by atoms with Gasteiger partial charge in [-0.15, -0.1) is 10.2 Å². The van der Waals surface area contributed by atoms with Gasteiger partial charge in [-0.2, -0.15) is 4.80 Å². The van der Waals surface area contributed by atoms with Gasteiger partial charge in [0.05, 0.1) is 13.2 Å². The fourth-order valence-electron chi connectivity index (χ4n) is 2.54. The van der Waals surface area contributed by atoms with E-state index < -0.39 is 5.97 Å². The number of tetrazole rings is 1. The molecule has 0 spiro atoms. The summed E-state index contributed by atoms with van der Waals surface area (Å²) in [5, 5.41) is 12.9. The zero-order chi connectivity index (χ0) is 17.1. The molecule has 0 aliphatic carbocycles. The Labute approximate surface area is 138 Å². The van der Waals surface area contributed by atoms with Gasteiger partial charge in [0.1, 0.15) is 0 Å². The number of nitrogens with zero attached hydrogens (tertiary/aromatic N) is 5. The Kier molecular flexibility index (Phi) is 4.37. The SMILES string of the molecule is CCOC(=O)Cn1nnc(Cn2cc(C(C)=O)c3ccccc32)n1. The lowest BCUT2D eigenvalue weighted by atomic mass is 10.1. The Morgan fingerprint density at radius 1 is 1.25 bits per heavy atom. The molecule has 124 valence electrons. The van der Waals surface area contributed by atoms with E-state index >= 15 is 0 Å². The largest absolute Gasteiger partial charge is 0.465 e. The predicted molar refractivity (Wildman–Crippen MR) is 85.5 cm³/mol. The van der Waals surface area contributed by atoms with Crippen LogP contribution in [0.2, 0.25) is 0 Å². The minimum Gasteiger partial charge on any atom is -0.465 e. The predicted octanol–water partition coefficient (Wildman–Crippen LogP) is 1.44. The smallest absolute Gasteiger partial charge is 0.329 e. The average Bonchev–Trinajstić information content (AvgIpc) is 3.13. The van der Waals surface area contributed by atoms with Crippen molar-refractivity contribution in [2.45, 2.75) is 26.9 Å². The van der Waals surface area contributed by atoms with E-state index in [4.69, 9.17) is 4.74 Å². The van der Waals surface area contributed by atoms with Crippen molar-refractivity contribution in [2.24, 2.45) is 0 Å². The third-order valence-electron chi connectivity index (χ3n) is 3.55. The first-order chi connectivity index (χ1) is 11.6. The molecule has 0 aliphatic heterocycles. The van der Waals surface area contributed by atoms with Gasteiger partial charge >= 0.3 is 5.97 Å². The molecule has 3 aromatic rings. The fraction of sp³-hybridized carbons (Fsp3) is 0.312. The monoisotopic (exact) mass is 327 g/mol. The summed E-state index contributed by atoms with van der Waals surface area (Å²) < 4.78 is 6.75. The van der Waals surface area contributed by atoms with Crippen LogP contribution in [0.4, 0.5) is 0 Å². The summed E-state index contributed by atoms with van der Waals surface area (Å²) in [4.78, 5) is 24.4. The Morgan fingerprint density at radius 2 is 2.04 bits per heavy atom. The number of ketones is 1. The summed E-state index contributed by atoms with van der Waals surface area (Å²) in [7, 11) is 0. The summed E-state index contributed by atoms with van der Waals surface area (Å²) in [6, 6.07) is 7.65. The molecule has 0 radical (unpaired) electrons. The summed E-state index contributed by atoms with van der Waals surface area (Å²) >= 11 is 0. The molecular weight excluding hydrogens is 310 g/mol. The third kappa shape index (κ3) is 3.17. The summed E-state index contributed by atoms with van der Waals surface area (Å²) in [5.74, 6) is 0.0470. The second kappa shape index (κ2) is 6.61. The lowest BCUT2D eigenvalue weighted by Crippen LogP contribution is -2.15. The van der Waals surface area contributed by atoms with Crippen LogP contribution in [-0.2, 0) is 22.6 Å². The topological polar surface area (TPSA) is 91.9 Å². The molecule has 1 aromatic carbocycles. The molecule has 0 saturated heterocycles. The highest BCUT2D eigenvalue weighted by Crippen LogP contribution is 2.22. The molecule has 0 atom stereocenters. The molecule has 2 aromatic heterocycles. The lowest BCUT2D eigenvalue weighted by molar-refractivity contribution is -0.144. The quantitative estimate of drug-likeness (QED) is 0.502. The number of ether oxygens (including phenoxy) is 1. The first-order valence-electron chi connectivity index (χ1n) is 7.59. The van der Waals surface area contributed by atoms with Gasteiger partial charge in [-0.05, 0) is 25.1 Å². The number of Topliss-reactive ketones (excluding diaryl/α,β-unsaturated/α-hetero) is 1. The Balaban J connectivity index is 1.84. The second-order valence-electron chi connectivity index (χ2n) is 5.29. The number of benzene rings is 1. The normalized spacial score (nSPS) is 10.9. The molecule has 3 rings (SSSR count). The van der Waals surface area contributed by atoms with E-state index in [1.54, 1.807) is 20.0 Å². The summed E-state index contributed by atoms with van der Waals surface area (Å²) in [5.41, 5.74) is 1.58. The maximum atomic E-state index is 11.8. The number of carbonyl (C=O) groups is 2. The van der Waals surface area contributed by atoms with Crippen LogP contribution in [0.1, 0.15) is 30.0 Å². The van der Waals surface area contributed by atoms with E-state index in [1.807, 2.05) is 28.8 Å². The summed E-state index contributed by atoms with van der Waals surface area (Å²) in [6.07, 6.45) is 1.79. The van der Waals surface area contributed by atoms with Crippen LogP contribution in [0, 0.1) is 0 Å². The third-order valence-corrected chi connectivity index (χ3v) is 3.55. The van der Waals surface area contributed by atoms with E-state index in [9.17, 15) is 9.59 Å². The van der Waals surface area contributed by atoms with Crippen LogP contribution in [0.3, 0.4) is 0 Å². The highest BCUT2D eigenvalue weighted by molar-refractivity contribution is 6.06. The van der Waals surface area contributed by atoms with Crippen molar-refractivity contribution < 1.29 is 14.3 Å². The second-order valence-corrected chi connectivity index (χ2v) is 5.29. The van der Waals surface area contributed by atoms with Crippen LogP contribution in [0.15, 0.2) is 30.5 Å². The van der Waals surface area contributed by atoms with Gasteiger partial charge in [0, 0.05) is 22.7 Å². The number of fused-ring (bicyclic) bond motifs is 1. The molecule has 0 fully saturated rings.